The first-order valence-electron chi connectivity index (χ1n) is 7.53. The summed E-state index contributed by atoms with van der Waals surface area (Å²) in [6, 6.07) is 4.07. The molecule has 1 rings (SSSR count). The second kappa shape index (κ2) is 7.94. The fourth-order valence-electron chi connectivity index (χ4n) is 2.62. The van der Waals surface area contributed by atoms with E-state index in [1.165, 1.54) is 10.5 Å². The zero-order valence-corrected chi connectivity index (χ0v) is 14.4. The number of aryl methyl sites for hydroxylation is 3. The van der Waals surface area contributed by atoms with Gasteiger partial charge in [0.1, 0.15) is 0 Å². The molecule has 1 aromatic rings. The van der Waals surface area contributed by atoms with Gasteiger partial charge in [-0.15, -0.1) is 0 Å². The third-order valence-corrected chi connectivity index (χ3v) is 3.63. The first kappa shape index (κ1) is 18.2. The molecule has 1 atom stereocenters. The molecule has 0 radical (unpaired) electrons. The molecule has 0 spiro atoms. The average Bonchev–Trinajstić information content (AvgIpc) is 2.42. The maximum Gasteiger partial charge on any atom is 0.243 e. The Bertz CT molecular complexity index is 532. The molecular formula is C17H27N3O2. The molecule has 2 amide bonds. The summed E-state index contributed by atoms with van der Waals surface area (Å²) in [5, 5.41) is 5.88. The molecule has 1 unspecified atom stereocenters. The number of likely N-dealkylation sites (N-methyl/N-ethyl adjacent to an activating group) is 1. The number of hydrogen-bond donors (Lipinski definition) is 2. The van der Waals surface area contributed by atoms with Gasteiger partial charge in [0.25, 0.3) is 0 Å². The van der Waals surface area contributed by atoms with Crippen molar-refractivity contribution in [2.45, 2.75) is 27.7 Å². The van der Waals surface area contributed by atoms with Crippen LogP contribution >= 0.6 is 0 Å². The highest BCUT2D eigenvalue weighted by Crippen LogP contribution is 2.21. The Morgan fingerprint density at radius 1 is 1.18 bits per heavy atom. The number of benzene rings is 1. The maximum atomic E-state index is 12.2. The lowest BCUT2D eigenvalue weighted by molar-refractivity contribution is -0.136. The van der Waals surface area contributed by atoms with E-state index in [-0.39, 0.29) is 24.3 Å². The number of amides is 2. The molecule has 0 saturated carbocycles. The molecule has 0 bridgehead atoms. The average molecular weight is 305 g/mol. The molecule has 0 aliphatic carbocycles. The maximum absolute atomic E-state index is 12.2. The van der Waals surface area contributed by atoms with Crippen molar-refractivity contribution in [1.82, 2.24) is 10.2 Å². The Morgan fingerprint density at radius 3 is 2.23 bits per heavy atom. The van der Waals surface area contributed by atoms with E-state index in [0.717, 1.165) is 16.8 Å². The predicted octanol–water partition coefficient (Wildman–Crippen LogP) is 1.86. The van der Waals surface area contributed by atoms with Crippen molar-refractivity contribution in [2.75, 3.05) is 32.5 Å². The summed E-state index contributed by atoms with van der Waals surface area (Å²) < 4.78 is 0. The highest BCUT2D eigenvalue weighted by Gasteiger charge is 2.19. The van der Waals surface area contributed by atoms with Crippen LogP contribution in [0, 0.1) is 26.7 Å². The molecule has 0 aromatic heterocycles. The molecule has 5 heteroatoms. The number of nitrogens with one attached hydrogen (secondary N) is 2. The van der Waals surface area contributed by atoms with Crippen molar-refractivity contribution < 1.29 is 9.59 Å². The van der Waals surface area contributed by atoms with Gasteiger partial charge in [0.05, 0.1) is 6.54 Å². The van der Waals surface area contributed by atoms with Crippen LogP contribution in [0.15, 0.2) is 12.1 Å². The standard InChI is InChI=1S/C17H27N3O2/c1-11-7-12(2)16(13(3)8-11)19-15(21)10-20(6)17(22)14(4)9-18-5/h7-8,14,18H,9-10H2,1-6H3,(H,19,21). The molecule has 0 aliphatic rings. The molecular weight excluding hydrogens is 278 g/mol. The van der Waals surface area contributed by atoms with Gasteiger partial charge >= 0.3 is 0 Å². The number of hydrogen-bond acceptors (Lipinski definition) is 3. The molecule has 0 fully saturated rings. The summed E-state index contributed by atoms with van der Waals surface area (Å²) >= 11 is 0. The highest BCUT2D eigenvalue weighted by molar-refractivity contribution is 5.96. The molecule has 1 aromatic carbocycles. The number of anilines is 1. The van der Waals surface area contributed by atoms with Crippen molar-refractivity contribution in [3.05, 3.63) is 28.8 Å². The Balaban J connectivity index is 2.69. The number of rotatable bonds is 6. The van der Waals surface area contributed by atoms with Crippen molar-refractivity contribution in [2.24, 2.45) is 5.92 Å². The molecule has 2 N–H and O–H groups in total. The minimum Gasteiger partial charge on any atom is -0.336 e. The summed E-state index contributed by atoms with van der Waals surface area (Å²) in [6.45, 7) is 8.47. The summed E-state index contributed by atoms with van der Waals surface area (Å²) in [6.07, 6.45) is 0. The fraction of sp³-hybridized carbons (Fsp3) is 0.529. The third kappa shape index (κ3) is 4.84. The molecule has 0 heterocycles. The second-order valence-corrected chi connectivity index (χ2v) is 5.97. The Morgan fingerprint density at radius 2 is 1.73 bits per heavy atom. The largest absolute Gasteiger partial charge is 0.336 e. The molecule has 5 nitrogen and oxygen atoms in total. The predicted molar refractivity (Wildman–Crippen MR) is 90.0 cm³/mol. The first-order valence-corrected chi connectivity index (χ1v) is 7.53. The molecule has 122 valence electrons. The van der Waals surface area contributed by atoms with Gasteiger partial charge in [-0.05, 0) is 38.9 Å². The molecule has 0 aliphatic heterocycles. The molecule has 0 saturated heterocycles. The van der Waals surface area contributed by atoms with E-state index >= 15 is 0 Å². The van der Waals surface area contributed by atoms with Gasteiger partial charge in [-0.3, -0.25) is 9.59 Å². The van der Waals surface area contributed by atoms with Crippen LogP contribution in [0.5, 0.6) is 0 Å². The monoisotopic (exact) mass is 305 g/mol. The lowest BCUT2D eigenvalue weighted by Crippen LogP contribution is -2.40. The molecule has 22 heavy (non-hydrogen) atoms. The Kier molecular flexibility index (Phi) is 6.56. The second-order valence-electron chi connectivity index (χ2n) is 5.97. The SMILES string of the molecule is CNCC(C)C(=O)N(C)CC(=O)Nc1c(C)cc(C)cc1C. The van der Waals surface area contributed by atoms with E-state index in [0.29, 0.717) is 6.54 Å². The van der Waals surface area contributed by atoms with E-state index < -0.39 is 0 Å². The van der Waals surface area contributed by atoms with Gasteiger partial charge in [-0.1, -0.05) is 24.6 Å². The first-order chi connectivity index (χ1) is 10.3. The van der Waals surface area contributed by atoms with Gasteiger partial charge in [0.15, 0.2) is 0 Å². The van der Waals surface area contributed by atoms with Crippen LogP contribution < -0.4 is 10.6 Å². The van der Waals surface area contributed by atoms with E-state index in [1.807, 2.05) is 39.8 Å². The third-order valence-electron chi connectivity index (χ3n) is 3.63. The number of nitrogens with zero attached hydrogens (tertiary/aromatic N) is 1. The Hall–Kier alpha value is -1.88. The summed E-state index contributed by atoms with van der Waals surface area (Å²) in [5.41, 5.74) is 4.06. The number of carbonyl (C=O) groups excluding carboxylic acids is 2. The van der Waals surface area contributed by atoms with Crippen molar-refractivity contribution in [3.63, 3.8) is 0 Å². The van der Waals surface area contributed by atoms with Crippen LogP contribution in [-0.4, -0.2) is 43.9 Å². The van der Waals surface area contributed by atoms with Crippen LogP contribution in [0.25, 0.3) is 0 Å². The van der Waals surface area contributed by atoms with Crippen molar-refractivity contribution >= 4 is 17.5 Å². The fourth-order valence-corrected chi connectivity index (χ4v) is 2.62. The normalized spacial score (nSPS) is 11.9. The van der Waals surface area contributed by atoms with Crippen LogP contribution in [0.2, 0.25) is 0 Å². The lowest BCUT2D eigenvalue weighted by atomic mass is 10.1. The zero-order chi connectivity index (χ0) is 16.9. The Labute approximate surface area is 133 Å². The van der Waals surface area contributed by atoms with E-state index in [9.17, 15) is 9.59 Å². The highest BCUT2D eigenvalue weighted by atomic mass is 16.2. The van der Waals surface area contributed by atoms with Gasteiger partial charge in [-0.25, -0.2) is 0 Å². The van der Waals surface area contributed by atoms with Gasteiger partial charge in [-0.2, -0.15) is 0 Å². The summed E-state index contributed by atoms with van der Waals surface area (Å²) in [5.74, 6) is -0.366. The minimum atomic E-state index is -0.178. The quantitative estimate of drug-likeness (QED) is 0.843. The topological polar surface area (TPSA) is 61.4 Å². The van der Waals surface area contributed by atoms with Crippen LogP contribution in [0.4, 0.5) is 5.69 Å². The summed E-state index contributed by atoms with van der Waals surface area (Å²) in [7, 11) is 3.46. The van der Waals surface area contributed by atoms with Crippen LogP contribution in [-0.2, 0) is 9.59 Å². The van der Waals surface area contributed by atoms with Gasteiger partial charge < -0.3 is 15.5 Å². The van der Waals surface area contributed by atoms with Gasteiger partial charge in [0, 0.05) is 25.2 Å². The van der Waals surface area contributed by atoms with E-state index in [4.69, 9.17) is 0 Å². The number of carbonyl (C=O) groups is 2. The van der Waals surface area contributed by atoms with Crippen molar-refractivity contribution in [1.29, 1.82) is 0 Å². The smallest absolute Gasteiger partial charge is 0.243 e. The lowest BCUT2D eigenvalue weighted by Gasteiger charge is -2.21. The van der Waals surface area contributed by atoms with E-state index in [2.05, 4.69) is 10.6 Å². The van der Waals surface area contributed by atoms with Crippen molar-refractivity contribution in [3.8, 4) is 0 Å². The van der Waals surface area contributed by atoms with Gasteiger partial charge in [0.2, 0.25) is 11.8 Å². The summed E-state index contributed by atoms with van der Waals surface area (Å²) in [4.78, 5) is 25.8. The van der Waals surface area contributed by atoms with Crippen LogP contribution in [0.1, 0.15) is 23.6 Å². The van der Waals surface area contributed by atoms with E-state index in [1.54, 1.807) is 14.1 Å². The zero-order valence-electron chi connectivity index (χ0n) is 14.4. The van der Waals surface area contributed by atoms with Crippen LogP contribution in [0.3, 0.4) is 0 Å². The minimum absolute atomic E-state index is 0.0400.